The molecule has 12 heteroatoms. The van der Waals surface area contributed by atoms with Crippen molar-refractivity contribution in [2.75, 3.05) is 88.1 Å². The lowest BCUT2D eigenvalue weighted by Gasteiger charge is -2.39. The first-order valence-corrected chi connectivity index (χ1v) is 18.5. The van der Waals surface area contributed by atoms with Gasteiger partial charge in [-0.1, -0.05) is 24.3 Å². The standard InChI is InChI=1S/C42H54N2O10/c1-7-10-34(31-27-37(50-4)40(52-6)38(28-31)51-5)41(45)44(21-16-33(39(44)42(46)47)30-14-15-35(48-2)36(26-30)49-3)20-9-12-29-11-8-13-32(25-29)54-24-19-43-17-22-53-23-18-43/h7-8,11,13-15,25-28,33-34,39H,1,9-10,12,16-24H2,2-6H3/p+1/t33?,34-,39+,44-/m0/s1. The summed E-state index contributed by atoms with van der Waals surface area (Å²) in [5.41, 5.74) is 2.47. The number of rotatable bonds is 19. The van der Waals surface area contributed by atoms with Gasteiger partial charge in [-0.3, -0.25) is 4.90 Å². The van der Waals surface area contributed by atoms with E-state index in [4.69, 9.17) is 33.2 Å². The second-order valence-corrected chi connectivity index (χ2v) is 13.7. The summed E-state index contributed by atoms with van der Waals surface area (Å²) in [7, 11) is 7.69. The van der Waals surface area contributed by atoms with Crippen LogP contribution in [0.15, 0.2) is 67.3 Å². The number of amides is 1. The molecule has 2 fully saturated rings. The van der Waals surface area contributed by atoms with Gasteiger partial charge in [0.05, 0.1) is 67.8 Å². The van der Waals surface area contributed by atoms with Crippen molar-refractivity contribution in [1.29, 1.82) is 0 Å². The van der Waals surface area contributed by atoms with Gasteiger partial charge in [-0.25, -0.2) is 14.1 Å². The molecule has 2 saturated heterocycles. The summed E-state index contributed by atoms with van der Waals surface area (Å²) in [6, 6.07) is 16.0. The summed E-state index contributed by atoms with van der Waals surface area (Å²) in [5, 5.41) is 11.1. The highest BCUT2D eigenvalue weighted by Gasteiger charge is 2.58. The van der Waals surface area contributed by atoms with Crippen LogP contribution in [0.4, 0.5) is 0 Å². The van der Waals surface area contributed by atoms with E-state index in [0.717, 1.165) is 49.7 Å². The number of ether oxygens (including phenoxy) is 7. The maximum Gasteiger partial charge on any atom is 0.363 e. The van der Waals surface area contributed by atoms with Crippen molar-refractivity contribution in [3.63, 3.8) is 0 Å². The number of aryl methyl sites for hydroxylation is 1. The van der Waals surface area contributed by atoms with E-state index < -0.39 is 23.8 Å². The predicted octanol–water partition coefficient (Wildman–Crippen LogP) is 5.72. The Morgan fingerprint density at radius 3 is 2.26 bits per heavy atom. The fourth-order valence-corrected chi connectivity index (χ4v) is 8.07. The summed E-state index contributed by atoms with van der Waals surface area (Å²) >= 11 is 0. The molecule has 2 aliphatic rings. The van der Waals surface area contributed by atoms with Crippen LogP contribution in [0.3, 0.4) is 0 Å². The lowest BCUT2D eigenvalue weighted by molar-refractivity contribution is -0.860. The maximum absolute atomic E-state index is 15.3. The quantitative estimate of drug-likeness (QED) is 0.120. The number of carboxylic acid groups (broad SMARTS) is 1. The first kappa shape index (κ1) is 40.4. The molecule has 0 aliphatic carbocycles. The van der Waals surface area contributed by atoms with E-state index in [9.17, 15) is 9.90 Å². The molecule has 5 rings (SSSR count). The van der Waals surface area contributed by atoms with E-state index in [1.165, 1.54) is 21.3 Å². The van der Waals surface area contributed by atoms with Crippen LogP contribution in [0.2, 0.25) is 0 Å². The average Bonchev–Trinajstić information content (AvgIpc) is 3.60. The minimum Gasteiger partial charge on any atom is -0.493 e. The molecule has 1 unspecified atom stereocenters. The van der Waals surface area contributed by atoms with Crippen LogP contribution in [0, 0.1) is 0 Å². The second-order valence-electron chi connectivity index (χ2n) is 13.7. The Kier molecular flexibility index (Phi) is 14.2. The Hall–Kier alpha value is -4.78. The van der Waals surface area contributed by atoms with Crippen LogP contribution in [0.5, 0.6) is 34.5 Å². The van der Waals surface area contributed by atoms with E-state index >= 15 is 4.79 Å². The summed E-state index contributed by atoms with van der Waals surface area (Å²) in [5.74, 6) is 0.643. The highest BCUT2D eigenvalue weighted by molar-refractivity contribution is 5.84. The SMILES string of the molecule is C=CC[C@H](C(=O)[N@@+]1(CCCc2cccc(OCCN3CCOCC3)c2)CCC(c2ccc(OC)c(OC)c2)[C@@H]1C(=O)O)c1cc(OC)c(OC)c(OC)c1. The van der Waals surface area contributed by atoms with Crippen molar-refractivity contribution in [2.45, 2.75) is 43.6 Å². The molecular weight excluding hydrogens is 692 g/mol. The Morgan fingerprint density at radius 1 is 0.926 bits per heavy atom. The monoisotopic (exact) mass is 747 g/mol. The number of carboxylic acids is 1. The van der Waals surface area contributed by atoms with Crippen LogP contribution < -0.4 is 28.4 Å². The van der Waals surface area contributed by atoms with Crippen LogP contribution in [0.1, 0.15) is 47.8 Å². The molecule has 2 heterocycles. The molecule has 0 aromatic heterocycles. The third-order valence-corrected chi connectivity index (χ3v) is 10.8. The van der Waals surface area contributed by atoms with Crippen molar-refractivity contribution in [1.82, 2.24) is 4.90 Å². The van der Waals surface area contributed by atoms with Crippen molar-refractivity contribution in [2.24, 2.45) is 0 Å². The first-order chi connectivity index (χ1) is 26.2. The molecule has 0 bridgehead atoms. The third kappa shape index (κ3) is 8.94. The van der Waals surface area contributed by atoms with E-state index in [2.05, 4.69) is 11.5 Å². The molecule has 4 atom stereocenters. The van der Waals surface area contributed by atoms with Gasteiger partial charge in [-0.15, -0.1) is 6.58 Å². The largest absolute Gasteiger partial charge is 0.493 e. The van der Waals surface area contributed by atoms with Gasteiger partial charge in [0.25, 0.3) is 0 Å². The Labute approximate surface area is 318 Å². The van der Waals surface area contributed by atoms with Gasteiger partial charge in [0.15, 0.2) is 23.0 Å². The highest BCUT2D eigenvalue weighted by atomic mass is 16.5. The van der Waals surface area contributed by atoms with Crippen molar-refractivity contribution in [3.05, 3.63) is 83.9 Å². The van der Waals surface area contributed by atoms with Gasteiger partial charge in [0.2, 0.25) is 11.8 Å². The fraction of sp³-hybridized carbons (Fsp3) is 0.476. The molecule has 3 aromatic rings. The highest BCUT2D eigenvalue weighted by Crippen LogP contribution is 2.46. The lowest BCUT2D eigenvalue weighted by atomic mass is 9.88. The van der Waals surface area contributed by atoms with Gasteiger partial charge in [0, 0.05) is 32.5 Å². The number of allylic oxidation sites excluding steroid dienone is 1. The Balaban J connectivity index is 1.48. The van der Waals surface area contributed by atoms with Gasteiger partial charge in [-0.2, -0.15) is 0 Å². The summed E-state index contributed by atoms with van der Waals surface area (Å²) < 4.78 is 39.3. The topological polar surface area (TPSA) is 122 Å². The zero-order valence-electron chi connectivity index (χ0n) is 32.2. The lowest BCUT2D eigenvalue weighted by Crippen LogP contribution is -2.61. The zero-order chi connectivity index (χ0) is 38.7. The van der Waals surface area contributed by atoms with Crippen LogP contribution in [-0.2, 0) is 20.7 Å². The molecule has 0 radical (unpaired) electrons. The number of hydrogen-bond acceptors (Lipinski definition) is 10. The summed E-state index contributed by atoms with van der Waals surface area (Å²) in [4.78, 5) is 31.2. The number of aliphatic carboxylic acids is 1. The van der Waals surface area contributed by atoms with Crippen LogP contribution in [0.25, 0.3) is 0 Å². The Bertz CT molecular complexity index is 1720. The number of morpholine rings is 1. The minimum absolute atomic E-state index is 0.195. The van der Waals surface area contributed by atoms with E-state index in [1.807, 2.05) is 36.4 Å². The predicted molar refractivity (Wildman–Crippen MR) is 204 cm³/mol. The number of nitrogens with zero attached hydrogens (tertiary/aromatic N) is 2. The number of carbonyl (C=O) groups excluding carboxylic acids is 1. The number of methoxy groups -OCH3 is 5. The van der Waals surface area contributed by atoms with E-state index in [-0.39, 0.29) is 16.8 Å². The van der Waals surface area contributed by atoms with Crippen LogP contribution >= 0.6 is 0 Å². The van der Waals surface area contributed by atoms with Crippen LogP contribution in [-0.4, -0.2) is 121 Å². The maximum atomic E-state index is 15.3. The molecule has 1 amide bonds. The van der Waals surface area contributed by atoms with E-state index in [1.54, 1.807) is 38.5 Å². The average molecular weight is 748 g/mol. The fourth-order valence-electron chi connectivity index (χ4n) is 8.07. The molecule has 54 heavy (non-hydrogen) atoms. The molecular formula is C42H55N2O10+. The summed E-state index contributed by atoms with van der Waals surface area (Å²) in [6.45, 7) is 9.33. The van der Waals surface area contributed by atoms with Gasteiger partial charge in [0.1, 0.15) is 18.3 Å². The first-order valence-electron chi connectivity index (χ1n) is 18.5. The van der Waals surface area contributed by atoms with Gasteiger partial charge < -0.3 is 38.3 Å². The zero-order valence-corrected chi connectivity index (χ0v) is 32.2. The minimum atomic E-state index is -1.06. The molecule has 0 spiro atoms. The molecule has 1 N–H and O–H groups in total. The third-order valence-electron chi connectivity index (χ3n) is 10.8. The summed E-state index contributed by atoms with van der Waals surface area (Å²) in [6.07, 6.45) is 3.68. The molecule has 2 aliphatic heterocycles. The number of hydrogen-bond donors (Lipinski definition) is 1. The normalized spacial score (nSPS) is 20.5. The Morgan fingerprint density at radius 2 is 1.63 bits per heavy atom. The molecule has 292 valence electrons. The van der Waals surface area contributed by atoms with Crippen molar-refractivity contribution >= 4 is 11.9 Å². The second kappa shape index (κ2) is 19.0. The number of likely N-dealkylation sites (tertiary alicyclic amines) is 1. The van der Waals surface area contributed by atoms with E-state index in [0.29, 0.717) is 73.3 Å². The molecule has 3 aromatic carbocycles. The number of carbonyl (C=O) groups is 2. The number of benzene rings is 3. The van der Waals surface area contributed by atoms with Gasteiger partial charge in [-0.05, 0) is 65.9 Å². The van der Waals surface area contributed by atoms with Crippen molar-refractivity contribution < 1.29 is 52.3 Å². The molecule has 12 nitrogen and oxygen atoms in total. The van der Waals surface area contributed by atoms with Crippen molar-refractivity contribution in [3.8, 4) is 34.5 Å². The van der Waals surface area contributed by atoms with Gasteiger partial charge >= 0.3 is 11.9 Å². The number of quaternary nitrogens is 1. The molecule has 0 saturated carbocycles. The smallest absolute Gasteiger partial charge is 0.363 e.